The Morgan fingerprint density at radius 2 is 1.77 bits per heavy atom. The summed E-state index contributed by atoms with van der Waals surface area (Å²) in [6.45, 7) is 15.7. The lowest BCUT2D eigenvalue weighted by atomic mass is 9.34. The van der Waals surface area contributed by atoms with Crippen LogP contribution < -0.4 is 5.32 Å². The molecule has 0 bridgehead atoms. The number of hydrogen-bond donors (Lipinski definition) is 1. The minimum Gasteiger partial charge on any atom is -0.351 e. The van der Waals surface area contributed by atoms with E-state index in [9.17, 15) is 19.6 Å². The molecule has 43 heavy (non-hydrogen) atoms. The number of carbonyl (C=O) groups excluding carboxylic acids is 3. The predicted molar refractivity (Wildman–Crippen MR) is 164 cm³/mol. The number of fused-ring (bicyclic) bond motifs is 7. The first kappa shape index (κ1) is 30.0. The van der Waals surface area contributed by atoms with Crippen LogP contribution in [0.15, 0.2) is 35.7 Å². The van der Waals surface area contributed by atoms with E-state index in [2.05, 4.69) is 51.1 Å². The monoisotopic (exact) mass is 584 g/mol. The lowest BCUT2D eigenvalue weighted by Gasteiger charge is -2.69. The van der Waals surface area contributed by atoms with Crippen LogP contribution in [-0.2, 0) is 28.0 Å². The van der Waals surface area contributed by atoms with Crippen molar-refractivity contribution in [2.75, 3.05) is 0 Å². The Morgan fingerprint density at radius 1 is 1.07 bits per heavy atom. The number of amides is 1. The number of Topliss-reactive ketones (excluding diaryl/α,β-unsaturated/α-hetero) is 1. The fourth-order valence-electron chi connectivity index (χ4n) is 10.9. The van der Waals surface area contributed by atoms with Crippen LogP contribution in [0, 0.1) is 61.6 Å². The van der Waals surface area contributed by atoms with Gasteiger partial charge in [0.15, 0.2) is 11.6 Å². The Labute approximate surface area is 256 Å². The Bertz CT molecular complexity index is 1530. The van der Waals surface area contributed by atoms with Crippen LogP contribution in [0.3, 0.4) is 0 Å². The number of nitrogens with one attached hydrogen (secondary N) is 1. The zero-order chi connectivity index (χ0) is 31.4. The third-order valence-corrected chi connectivity index (χ3v) is 13.8. The van der Waals surface area contributed by atoms with Gasteiger partial charge in [0.2, 0.25) is 5.91 Å². The van der Waals surface area contributed by atoms with E-state index in [1.54, 1.807) is 10.9 Å². The molecule has 3 fully saturated rings. The van der Waals surface area contributed by atoms with Crippen molar-refractivity contribution in [1.82, 2.24) is 15.1 Å². The van der Waals surface area contributed by atoms with Gasteiger partial charge in [0, 0.05) is 47.5 Å². The Hall–Kier alpha value is -3.01. The molecule has 0 aliphatic heterocycles. The minimum atomic E-state index is -0.670. The van der Waals surface area contributed by atoms with Gasteiger partial charge >= 0.3 is 0 Å². The molecule has 1 aromatic rings. The second-order valence-electron chi connectivity index (χ2n) is 16.5. The molecule has 1 heterocycles. The maximum absolute atomic E-state index is 14.6. The largest absolute Gasteiger partial charge is 0.351 e. The van der Waals surface area contributed by atoms with Crippen LogP contribution in [0.5, 0.6) is 0 Å². The molecule has 6 rings (SSSR count). The molecular weight excluding hydrogens is 536 g/mol. The molecule has 0 saturated heterocycles. The van der Waals surface area contributed by atoms with Crippen molar-refractivity contribution in [3.63, 3.8) is 0 Å². The SMILES string of the molecule is Cn1cc(CNC(=O)[C@@]2(C)CC[C@]3(C)CC[C@]4(C)[C@H](C(=O)C=C5[C@@]6(C)C=C(C#N)C(=O)C(C)(C)[C@@H]6CC[C@]54C)[C@@H]3C2)cn1. The van der Waals surface area contributed by atoms with Gasteiger partial charge in [-0.1, -0.05) is 60.1 Å². The summed E-state index contributed by atoms with van der Waals surface area (Å²) < 4.78 is 1.74. The predicted octanol–water partition coefficient (Wildman–Crippen LogP) is 6.26. The Kier molecular flexibility index (Phi) is 6.46. The van der Waals surface area contributed by atoms with Crippen LogP contribution in [-0.4, -0.2) is 27.3 Å². The molecule has 0 aromatic carbocycles. The van der Waals surface area contributed by atoms with Crippen molar-refractivity contribution in [2.24, 2.45) is 57.3 Å². The highest BCUT2D eigenvalue weighted by atomic mass is 16.2. The number of aromatic nitrogens is 2. The van der Waals surface area contributed by atoms with Gasteiger partial charge in [-0.2, -0.15) is 10.4 Å². The zero-order valence-electron chi connectivity index (χ0n) is 27.3. The number of ketones is 2. The number of carbonyl (C=O) groups is 3. The van der Waals surface area contributed by atoms with Crippen LogP contribution in [0.2, 0.25) is 0 Å². The molecule has 0 spiro atoms. The van der Waals surface area contributed by atoms with Crippen LogP contribution in [0.1, 0.15) is 99.0 Å². The summed E-state index contributed by atoms with van der Waals surface area (Å²) in [4.78, 5) is 41.6. The minimum absolute atomic E-state index is 0.0128. The average Bonchev–Trinajstić information content (AvgIpc) is 3.36. The van der Waals surface area contributed by atoms with E-state index in [-0.39, 0.29) is 57.0 Å². The second-order valence-corrected chi connectivity index (χ2v) is 16.5. The summed E-state index contributed by atoms with van der Waals surface area (Å²) in [6.07, 6.45) is 13.8. The lowest BCUT2D eigenvalue weighted by Crippen LogP contribution is -2.65. The van der Waals surface area contributed by atoms with Crippen LogP contribution in [0.4, 0.5) is 0 Å². The van der Waals surface area contributed by atoms with Gasteiger partial charge in [-0.15, -0.1) is 0 Å². The molecule has 1 aromatic heterocycles. The molecule has 8 atom stereocenters. The van der Waals surface area contributed by atoms with Crippen molar-refractivity contribution in [3.05, 3.63) is 41.3 Å². The Morgan fingerprint density at radius 3 is 2.42 bits per heavy atom. The molecule has 5 aliphatic rings. The number of aryl methyl sites for hydroxylation is 1. The summed E-state index contributed by atoms with van der Waals surface area (Å²) in [5, 5.41) is 17.4. The molecule has 3 saturated carbocycles. The fraction of sp³-hybridized carbons (Fsp3) is 0.694. The number of nitriles is 1. The van der Waals surface area contributed by atoms with Crippen molar-refractivity contribution >= 4 is 17.5 Å². The molecule has 230 valence electrons. The molecule has 0 unspecified atom stereocenters. The normalized spacial score (nSPS) is 43.2. The van der Waals surface area contributed by atoms with Crippen molar-refractivity contribution in [2.45, 2.75) is 100.0 Å². The van der Waals surface area contributed by atoms with Gasteiger partial charge in [0.25, 0.3) is 0 Å². The van der Waals surface area contributed by atoms with Gasteiger partial charge < -0.3 is 5.32 Å². The van der Waals surface area contributed by atoms with Crippen molar-refractivity contribution in [1.29, 1.82) is 5.26 Å². The zero-order valence-corrected chi connectivity index (χ0v) is 27.3. The van der Waals surface area contributed by atoms with Crippen LogP contribution in [0.25, 0.3) is 0 Å². The summed E-state index contributed by atoms with van der Waals surface area (Å²) in [5.41, 5.74) is 0.0600. The smallest absolute Gasteiger partial charge is 0.226 e. The van der Waals surface area contributed by atoms with E-state index < -0.39 is 16.2 Å². The lowest BCUT2D eigenvalue weighted by molar-refractivity contribution is -0.172. The second kappa shape index (κ2) is 9.25. The highest BCUT2D eigenvalue weighted by Gasteiger charge is 2.69. The van der Waals surface area contributed by atoms with Gasteiger partial charge in [-0.25, -0.2) is 0 Å². The topological polar surface area (TPSA) is 105 Å². The molecular formula is C36H48N4O3. The first-order valence-corrected chi connectivity index (χ1v) is 16.2. The van der Waals surface area contributed by atoms with Crippen molar-refractivity contribution < 1.29 is 14.4 Å². The highest BCUT2D eigenvalue weighted by molar-refractivity contribution is 6.04. The number of allylic oxidation sites excluding steroid dienone is 4. The number of hydrogen-bond acceptors (Lipinski definition) is 5. The standard InChI is InChI=1S/C36H48N4O3/c1-31(2)26-9-10-35(6)27(34(26,5)16-23(18-37)29(31)42)15-25(41)28-24-17-33(4,12-11-32(24,3)13-14-36(28,35)7)30(43)38-19-22-20-39-40(8)21-22/h15-16,20-21,24,26,28H,9-14,17,19H2,1-8H3,(H,38,43)/t24-,26-,28-,32+,33-,34-,35+,36+/m0/s1. The maximum atomic E-state index is 14.6. The molecule has 1 amide bonds. The van der Waals surface area contributed by atoms with Gasteiger partial charge in [0.05, 0.1) is 11.8 Å². The van der Waals surface area contributed by atoms with E-state index in [1.165, 1.54) is 0 Å². The first-order chi connectivity index (χ1) is 19.9. The summed E-state index contributed by atoms with van der Waals surface area (Å²) in [6, 6.07) is 2.19. The molecule has 1 N–H and O–H groups in total. The molecule has 7 nitrogen and oxygen atoms in total. The van der Waals surface area contributed by atoms with E-state index >= 15 is 0 Å². The fourth-order valence-corrected chi connectivity index (χ4v) is 10.9. The first-order valence-electron chi connectivity index (χ1n) is 16.2. The van der Waals surface area contributed by atoms with E-state index in [1.807, 2.05) is 39.2 Å². The quantitative estimate of drug-likeness (QED) is 0.452. The third-order valence-electron chi connectivity index (χ3n) is 13.8. The maximum Gasteiger partial charge on any atom is 0.226 e. The third kappa shape index (κ3) is 3.97. The van der Waals surface area contributed by atoms with E-state index in [4.69, 9.17) is 0 Å². The molecule has 7 heteroatoms. The summed E-state index contributed by atoms with van der Waals surface area (Å²) >= 11 is 0. The van der Waals surface area contributed by atoms with Gasteiger partial charge in [0.1, 0.15) is 6.07 Å². The summed E-state index contributed by atoms with van der Waals surface area (Å²) in [5.74, 6) is 0.138. The summed E-state index contributed by atoms with van der Waals surface area (Å²) in [7, 11) is 1.87. The van der Waals surface area contributed by atoms with Crippen molar-refractivity contribution in [3.8, 4) is 6.07 Å². The average molecular weight is 585 g/mol. The number of nitrogens with zero attached hydrogens (tertiary/aromatic N) is 3. The highest BCUT2D eigenvalue weighted by Crippen LogP contribution is 2.74. The van der Waals surface area contributed by atoms with Crippen LogP contribution >= 0.6 is 0 Å². The number of rotatable bonds is 3. The Balaban J connectivity index is 1.38. The van der Waals surface area contributed by atoms with E-state index in [0.717, 1.165) is 49.7 Å². The molecule has 5 aliphatic carbocycles. The van der Waals surface area contributed by atoms with Gasteiger partial charge in [-0.3, -0.25) is 19.1 Å². The van der Waals surface area contributed by atoms with E-state index in [0.29, 0.717) is 13.0 Å². The molecule has 0 radical (unpaired) electrons. The van der Waals surface area contributed by atoms with Gasteiger partial charge in [-0.05, 0) is 79.1 Å².